The Morgan fingerprint density at radius 3 is 2.18 bits per heavy atom. The van der Waals surface area contributed by atoms with Crippen molar-refractivity contribution in [1.82, 2.24) is 0 Å². The third-order valence-electron chi connectivity index (χ3n) is 2.60. The van der Waals surface area contributed by atoms with Crippen LogP contribution in [0.25, 0.3) is 0 Å². The monoisotopic (exact) mass is 244 g/mol. The van der Waals surface area contributed by atoms with Gasteiger partial charge < -0.3 is 14.6 Å². The SMILES string of the molecule is CC(C)CCCCC1(O)OC(=O)CCC(=O)O1. The lowest BCUT2D eigenvalue weighted by molar-refractivity contribution is -0.323. The molecule has 5 nitrogen and oxygen atoms in total. The highest BCUT2D eigenvalue weighted by atomic mass is 16.8. The van der Waals surface area contributed by atoms with Crippen LogP contribution in [0.4, 0.5) is 0 Å². The summed E-state index contributed by atoms with van der Waals surface area (Å²) >= 11 is 0. The Morgan fingerprint density at radius 2 is 1.71 bits per heavy atom. The van der Waals surface area contributed by atoms with Crippen molar-refractivity contribution < 1.29 is 24.2 Å². The molecule has 0 radical (unpaired) electrons. The molecule has 1 heterocycles. The topological polar surface area (TPSA) is 72.8 Å². The number of ether oxygens (including phenoxy) is 2. The molecule has 0 atom stereocenters. The van der Waals surface area contributed by atoms with Crippen LogP contribution in [0, 0.1) is 5.92 Å². The molecule has 0 spiro atoms. The third-order valence-corrected chi connectivity index (χ3v) is 2.60. The molecule has 0 aromatic rings. The number of carbonyl (C=O) groups excluding carboxylic acids is 2. The van der Waals surface area contributed by atoms with E-state index in [1.165, 1.54) is 0 Å². The van der Waals surface area contributed by atoms with Gasteiger partial charge in [0, 0.05) is 0 Å². The van der Waals surface area contributed by atoms with Crippen molar-refractivity contribution in [1.29, 1.82) is 0 Å². The Labute approximate surface area is 101 Å². The molecule has 1 N–H and O–H groups in total. The van der Waals surface area contributed by atoms with Gasteiger partial charge in [-0.2, -0.15) is 0 Å². The molecule has 1 rings (SSSR count). The zero-order chi connectivity index (χ0) is 12.9. The summed E-state index contributed by atoms with van der Waals surface area (Å²) in [4.78, 5) is 22.3. The lowest BCUT2D eigenvalue weighted by Gasteiger charge is -2.24. The lowest BCUT2D eigenvalue weighted by atomic mass is 10.0. The number of hydrogen-bond acceptors (Lipinski definition) is 5. The van der Waals surface area contributed by atoms with Gasteiger partial charge in [-0.25, -0.2) is 0 Å². The van der Waals surface area contributed by atoms with E-state index in [2.05, 4.69) is 13.8 Å². The predicted molar refractivity (Wildman–Crippen MR) is 59.7 cm³/mol. The zero-order valence-electron chi connectivity index (χ0n) is 10.4. The van der Waals surface area contributed by atoms with Crippen LogP contribution in [0.2, 0.25) is 0 Å². The summed E-state index contributed by atoms with van der Waals surface area (Å²) < 4.78 is 9.50. The molecule has 5 heteroatoms. The lowest BCUT2D eigenvalue weighted by Crippen LogP contribution is -2.37. The number of hydrogen-bond donors (Lipinski definition) is 1. The predicted octanol–water partition coefficient (Wildman–Crippen LogP) is 1.73. The van der Waals surface area contributed by atoms with Crippen LogP contribution in [0.1, 0.15) is 52.4 Å². The minimum Gasteiger partial charge on any atom is -0.398 e. The second-order valence-electron chi connectivity index (χ2n) is 4.80. The van der Waals surface area contributed by atoms with Gasteiger partial charge in [-0.1, -0.05) is 26.7 Å². The molecule has 1 fully saturated rings. The molecule has 0 aromatic heterocycles. The van der Waals surface area contributed by atoms with Gasteiger partial charge in [0.15, 0.2) is 0 Å². The molecule has 0 aliphatic carbocycles. The first-order chi connectivity index (χ1) is 7.91. The van der Waals surface area contributed by atoms with E-state index >= 15 is 0 Å². The van der Waals surface area contributed by atoms with Crippen molar-refractivity contribution in [2.75, 3.05) is 0 Å². The van der Waals surface area contributed by atoms with Gasteiger partial charge in [0.25, 0.3) is 0 Å². The largest absolute Gasteiger partial charge is 0.398 e. The molecule has 1 saturated heterocycles. The fourth-order valence-electron chi connectivity index (χ4n) is 1.69. The Hall–Kier alpha value is -1.10. The van der Waals surface area contributed by atoms with E-state index < -0.39 is 17.9 Å². The third kappa shape index (κ3) is 5.17. The first kappa shape index (κ1) is 14.0. The second-order valence-corrected chi connectivity index (χ2v) is 4.80. The quantitative estimate of drug-likeness (QED) is 0.589. The van der Waals surface area contributed by atoms with Crippen molar-refractivity contribution in [3.63, 3.8) is 0 Å². The maximum absolute atomic E-state index is 11.2. The van der Waals surface area contributed by atoms with E-state index in [1.54, 1.807) is 0 Å². The van der Waals surface area contributed by atoms with Crippen LogP contribution in [-0.4, -0.2) is 23.0 Å². The average molecular weight is 244 g/mol. The number of aliphatic hydroxyl groups is 1. The van der Waals surface area contributed by atoms with Crippen LogP contribution in [0.15, 0.2) is 0 Å². The molecule has 0 aromatic carbocycles. The summed E-state index contributed by atoms with van der Waals surface area (Å²) in [6.45, 7) is 4.22. The minimum absolute atomic E-state index is 0.0346. The molecular weight excluding hydrogens is 224 g/mol. The maximum atomic E-state index is 11.2. The fourth-order valence-corrected chi connectivity index (χ4v) is 1.69. The molecule has 0 saturated carbocycles. The first-order valence-electron chi connectivity index (χ1n) is 6.07. The van der Waals surface area contributed by atoms with Crippen LogP contribution in [-0.2, 0) is 19.1 Å². The van der Waals surface area contributed by atoms with E-state index in [9.17, 15) is 14.7 Å². The van der Waals surface area contributed by atoms with E-state index in [-0.39, 0.29) is 19.3 Å². The molecule has 1 aliphatic rings. The van der Waals surface area contributed by atoms with Gasteiger partial charge in [0.1, 0.15) is 0 Å². The van der Waals surface area contributed by atoms with E-state index in [1.807, 2.05) is 0 Å². The van der Waals surface area contributed by atoms with Crippen LogP contribution in [0.3, 0.4) is 0 Å². The smallest absolute Gasteiger partial charge is 0.373 e. The van der Waals surface area contributed by atoms with Gasteiger partial charge in [0.2, 0.25) is 0 Å². The second kappa shape index (κ2) is 6.00. The van der Waals surface area contributed by atoms with Gasteiger partial charge in [-0.3, -0.25) is 9.59 Å². The van der Waals surface area contributed by atoms with Crippen molar-refractivity contribution in [2.24, 2.45) is 5.92 Å². The summed E-state index contributed by atoms with van der Waals surface area (Å²) in [5.41, 5.74) is 0. The van der Waals surface area contributed by atoms with E-state index in [4.69, 9.17) is 9.47 Å². The highest BCUT2D eigenvalue weighted by molar-refractivity contribution is 5.79. The standard InChI is InChI=1S/C12H20O5/c1-9(2)5-3-4-8-12(15)16-10(13)6-7-11(14)17-12/h9,15H,3-8H2,1-2H3. The van der Waals surface area contributed by atoms with Crippen molar-refractivity contribution in [3.05, 3.63) is 0 Å². The number of esters is 2. The number of rotatable bonds is 5. The van der Waals surface area contributed by atoms with E-state index in [0.717, 1.165) is 12.8 Å². The van der Waals surface area contributed by atoms with Crippen LogP contribution in [0.5, 0.6) is 0 Å². The molecule has 0 unspecified atom stereocenters. The summed E-state index contributed by atoms with van der Waals surface area (Å²) in [5, 5.41) is 9.87. The fraction of sp³-hybridized carbons (Fsp3) is 0.833. The summed E-state index contributed by atoms with van der Waals surface area (Å²) in [6.07, 6.45) is 2.64. The van der Waals surface area contributed by atoms with Crippen molar-refractivity contribution >= 4 is 11.9 Å². The molecule has 0 bridgehead atoms. The molecule has 98 valence electrons. The van der Waals surface area contributed by atoms with Crippen molar-refractivity contribution in [3.8, 4) is 0 Å². The zero-order valence-corrected chi connectivity index (χ0v) is 10.4. The summed E-state index contributed by atoms with van der Waals surface area (Å²) in [7, 11) is 0. The highest BCUT2D eigenvalue weighted by Crippen LogP contribution is 2.24. The Morgan fingerprint density at radius 1 is 1.18 bits per heavy atom. The molecule has 17 heavy (non-hydrogen) atoms. The van der Waals surface area contributed by atoms with Crippen LogP contribution < -0.4 is 0 Å². The van der Waals surface area contributed by atoms with Gasteiger partial charge in [-0.05, 0) is 12.3 Å². The minimum atomic E-state index is -2.05. The normalized spacial score (nSPS) is 19.8. The van der Waals surface area contributed by atoms with Gasteiger partial charge in [-0.15, -0.1) is 0 Å². The van der Waals surface area contributed by atoms with Gasteiger partial charge in [0.05, 0.1) is 19.3 Å². The maximum Gasteiger partial charge on any atom is 0.373 e. The average Bonchev–Trinajstić information content (AvgIpc) is 2.33. The molecule has 0 amide bonds. The molecular formula is C12H20O5. The highest BCUT2D eigenvalue weighted by Gasteiger charge is 2.38. The van der Waals surface area contributed by atoms with Crippen LogP contribution >= 0.6 is 0 Å². The Kier molecular flexibility index (Phi) is 4.93. The Balaban J connectivity index is 2.42. The summed E-state index contributed by atoms with van der Waals surface area (Å²) in [5.74, 6) is -2.66. The van der Waals surface area contributed by atoms with Crippen molar-refractivity contribution in [2.45, 2.75) is 58.3 Å². The first-order valence-corrected chi connectivity index (χ1v) is 6.07. The van der Waals surface area contributed by atoms with E-state index in [0.29, 0.717) is 12.3 Å². The molecule has 1 aliphatic heterocycles. The number of carbonyl (C=O) groups is 2. The summed E-state index contributed by atoms with van der Waals surface area (Å²) in [6, 6.07) is 0. The number of cyclic esters (lactones) is 2. The number of unbranched alkanes of at least 4 members (excludes halogenated alkanes) is 1. The Bertz CT molecular complexity index is 267. The van der Waals surface area contributed by atoms with Gasteiger partial charge >= 0.3 is 17.9 Å².